The van der Waals surface area contributed by atoms with Gasteiger partial charge in [0.05, 0.1) is 5.52 Å². The van der Waals surface area contributed by atoms with Crippen molar-refractivity contribution < 1.29 is 9.47 Å². The van der Waals surface area contributed by atoms with E-state index in [1.165, 1.54) is 0 Å². The summed E-state index contributed by atoms with van der Waals surface area (Å²) in [5, 5.41) is 5.03. The molecule has 0 bridgehead atoms. The van der Waals surface area contributed by atoms with E-state index in [1.807, 2.05) is 42.5 Å². The van der Waals surface area contributed by atoms with Crippen LogP contribution in [-0.4, -0.2) is 11.8 Å². The number of ether oxygens (including phenoxy) is 2. The lowest BCUT2D eigenvalue weighted by Gasteiger charge is -2.10. The maximum atomic E-state index is 6.08. The van der Waals surface area contributed by atoms with E-state index in [-0.39, 0.29) is 6.79 Å². The van der Waals surface area contributed by atoms with E-state index in [0.29, 0.717) is 5.02 Å². The number of pyridine rings is 1. The minimum absolute atomic E-state index is 0.270. The normalized spacial score (nSPS) is 12.6. The molecule has 1 aliphatic heterocycles. The van der Waals surface area contributed by atoms with Gasteiger partial charge in [-0.25, -0.2) is 0 Å². The summed E-state index contributed by atoms with van der Waals surface area (Å²) in [5.74, 6) is 1.51. The highest BCUT2D eigenvalue weighted by Gasteiger charge is 2.13. The number of halogens is 1. The summed E-state index contributed by atoms with van der Waals surface area (Å²) >= 11 is 6.08. The van der Waals surface area contributed by atoms with Gasteiger partial charge in [0.15, 0.2) is 11.5 Å². The predicted molar refractivity (Wildman–Crippen MR) is 82.6 cm³/mol. The first-order valence-corrected chi connectivity index (χ1v) is 6.88. The van der Waals surface area contributed by atoms with Gasteiger partial charge in [0.25, 0.3) is 0 Å². The third-order valence-electron chi connectivity index (χ3n) is 3.36. The Kier molecular flexibility index (Phi) is 2.82. The van der Waals surface area contributed by atoms with Crippen LogP contribution in [0.1, 0.15) is 0 Å². The number of hydrogen-bond donors (Lipinski definition) is 1. The molecular weight excluding hydrogens is 288 g/mol. The van der Waals surface area contributed by atoms with Crippen molar-refractivity contribution in [3.8, 4) is 11.5 Å². The Hall–Kier alpha value is -2.46. The number of rotatable bonds is 2. The molecule has 0 unspecified atom stereocenters. The summed E-state index contributed by atoms with van der Waals surface area (Å²) in [6.45, 7) is 0.270. The van der Waals surface area contributed by atoms with Gasteiger partial charge in [-0.2, -0.15) is 0 Å². The first kappa shape index (κ1) is 12.3. The van der Waals surface area contributed by atoms with Gasteiger partial charge < -0.3 is 14.8 Å². The molecule has 1 N–H and O–H groups in total. The average Bonchev–Trinajstić information content (AvgIpc) is 2.95. The Labute approximate surface area is 126 Å². The Bertz CT molecular complexity index is 836. The van der Waals surface area contributed by atoms with Gasteiger partial charge >= 0.3 is 0 Å². The Morgan fingerprint density at radius 3 is 2.86 bits per heavy atom. The number of anilines is 2. The molecular formula is C16H11ClN2O2. The van der Waals surface area contributed by atoms with Gasteiger partial charge in [-0.3, -0.25) is 4.98 Å². The molecule has 5 heteroatoms. The molecule has 0 fully saturated rings. The second-order valence-electron chi connectivity index (χ2n) is 4.71. The summed E-state index contributed by atoms with van der Waals surface area (Å²) in [6, 6.07) is 13.3. The molecule has 1 aliphatic rings. The van der Waals surface area contributed by atoms with Gasteiger partial charge in [-0.1, -0.05) is 11.6 Å². The topological polar surface area (TPSA) is 43.4 Å². The predicted octanol–water partition coefficient (Wildman–Crippen LogP) is 4.36. The zero-order valence-corrected chi connectivity index (χ0v) is 11.7. The minimum Gasteiger partial charge on any atom is -0.454 e. The molecule has 2 heterocycles. The standard InChI is InChI=1S/C16H11ClN2O2/c17-10-1-3-13-12(7-10)14(5-6-18-13)19-11-2-4-15-16(8-11)21-9-20-15/h1-8H,9H2,(H,18,19). The number of nitrogens with one attached hydrogen (secondary N) is 1. The molecule has 0 saturated heterocycles. The van der Waals surface area contributed by atoms with Crippen molar-refractivity contribution in [3.63, 3.8) is 0 Å². The van der Waals surface area contributed by atoms with Crippen molar-refractivity contribution in [2.45, 2.75) is 0 Å². The van der Waals surface area contributed by atoms with Crippen LogP contribution in [0.25, 0.3) is 10.9 Å². The molecule has 2 aromatic carbocycles. The number of nitrogens with zero attached hydrogens (tertiary/aromatic N) is 1. The second kappa shape index (κ2) is 4.82. The van der Waals surface area contributed by atoms with Crippen molar-refractivity contribution >= 4 is 33.9 Å². The van der Waals surface area contributed by atoms with Crippen LogP contribution in [0.2, 0.25) is 5.02 Å². The fourth-order valence-corrected chi connectivity index (χ4v) is 2.53. The highest BCUT2D eigenvalue weighted by molar-refractivity contribution is 6.31. The highest BCUT2D eigenvalue weighted by Crippen LogP contribution is 2.36. The van der Waals surface area contributed by atoms with Crippen LogP contribution >= 0.6 is 11.6 Å². The Balaban J connectivity index is 1.75. The largest absolute Gasteiger partial charge is 0.454 e. The van der Waals surface area contributed by atoms with Crippen molar-refractivity contribution in [2.75, 3.05) is 12.1 Å². The molecule has 3 aromatic rings. The van der Waals surface area contributed by atoms with E-state index in [1.54, 1.807) is 6.20 Å². The molecule has 0 amide bonds. The minimum atomic E-state index is 0.270. The first-order chi connectivity index (χ1) is 10.3. The van der Waals surface area contributed by atoms with Crippen molar-refractivity contribution in [1.82, 2.24) is 4.98 Å². The summed E-state index contributed by atoms with van der Waals surface area (Å²) in [5.41, 5.74) is 2.76. The van der Waals surface area contributed by atoms with E-state index in [0.717, 1.165) is 33.8 Å². The van der Waals surface area contributed by atoms with Crippen molar-refractivity contribution in [3.05, 3.63) is 53.7 Å². The molecule has 0 saturated carbocycles. The molecule has 1 aromatic heterocycles. The number of fused-ring (bicyclic) bond motifs is 2. The summed E-state index contributed by atoms with van der Waals surface area (Å²) in [6.07, 6.45) is 1.77. The van der Waals surface area contributed by atoms with E-state index >= 15 is 0 Å². The third kappa shape index (κ3) is 2.23. The first-order valence-electron chi connectivity index (χ1n) is 6.50. The maximum absolute atomic E-state index is 6.08. The van der Waals surface area contributed by atoms with Crippen LogP contribution in [-0.2, 0) is 0 Å². The van der Waals surface area contributed by atoms with Crippen LogP contribution in [0.15, 0.2) is 48.7 Å². The number of hydrogen-bond acceptors (Lipinski definition) is 4. The number of benzene rings is 2. The summed E-state index contributed by atoms with van der Waals surface area (Å²) in [4.78, 5) is 4.34. The van der Waals surface area contributed by atoms with Crippen LogP contribution < -0.4 is 14.8 Å². The van der Waals surface area contributed by atoms with Gasteiger partial charge in [0.2, 0.25) is 6.79 Å². The van der Waals surface area contributed by atoms with E-state index in [4.69, 9.17) is 21.1 Å². The molecule has 0 aliphatic carbocycles. The monoisotopic (exact) mass is 298 g/mol. The summed E-state index contributed by atoms with van der Waals surface area (Å²) < 4.78 is 10.7. The molecule has 0 spiro atoms. The van der Waals surface area contributed by atoms with E-state index in [9.17, 15) is 0 Å². The second-order valence-corrected chi connectivity index (χ2v) is 5.15. The zero-order chi connectivity index (χ0) is 14.2. The lowest BCUT2D eigenvalue weighted by molar-refractivity contribution is 0.174. The van der Waals surface area contributed by atoms with Gasteiger partial charge in [-0.15, -0.1) is 0 Å². The van der Waals surface area contributed by atoms with Gasteiger partial charge in [0.1, 0.15) is 0 Å². The molecule has 0 atom stereocenters. The van der Waals surface area contributed by atoms with Crippen LogP contribution in [0.4, 0.5) is 11.4 Å². The Morgan fingerprint density at radius 1 is 1.00 bits per heavy atom. The maximum Gasteiger partial charge on any atom is 0.231 e. The molecule has 0 radical (unpaired) electrons. The van der Waals surface area contributed by atoms with Crippen LogP contribution in [0.5, 0.6) is 11.5 Å². The Morgan fingerprint density at radius 2 is 1.90 bits per heavy atom. The average molecular weight is 299 g/mol. The quantitative estimate of drug-likeness (QED) is 0.763. The lowest BCUT2D eigenvalue weighted by Crippen LogP contribution is -1.93. The molecule has 104 valence electrons. The third-order valence-corrected chi connectivity index (χ3v) is 3.59. The SMILES string of the molecule is Clc1ccc2nccc(Nc3ccc4c(c3)OCO4)c2c1. The molecule has 4 rings (SSSR count). The zero-order valence-electron chi connectivity index (χ0n) is 11.0. The van der Waals surface area contributed by atoms with Gasteiger partial charge in [-0.05, 0) is 36.4 Å². The lowest BCUT2D eigenvalue weighted by atomic mass is 10.1. The van der Waals surface area contributed by atoms with Gasteiger partial charge in [0, 0.05) is 34.0 Å². The fourth-order valence-electron chi connectivity index (χ4n) is 2.36. The van der Waals surface area contributed by atoms with E-state index < -0.39 is 0 Å². The fraction of sp³-hybridized carbons (Fsp3) is 0.0625. The van der Waals surface area contributed by atoms with Crippen molar-refractivity contribution in [2.24, 2.45) is 0 Å². The van der Waals surface area contributed by atoms with Crippen LogP contribution in [0, 0.1) is 0 Å². The number of aromatic nitrogens is 1. The summed E-state index contributed by atoms with van der Waals surface area (Å²) in [7, 11) is 0. The van der Waals surface area contributed by atoms with Crippen molar-refractivity contribution in [1.29, 1.82) is 0 Å². The highest BCUT2D eigenvalue weighted by atomic mass is 35.5. The van der Waals surface area contributed by atoms with Crippen LogP contribution in [0.3, 0.4) is 0 Å². The smallest absolute Gasteiger partial charge is 0.231 e. The molecule has 21 heavy (non-hydrogen) atoms. The molecule has 4 nitrogen and oxygen atoms in total. The van der Waals surface area contributed by atoms with E-state index in [2.05, 4.69) is 10.3 Å².